The van der Waals surface area contributed by atoms with Crippen molar-refractivity contribution >= 4 is 0 Å². The highest BCUT2D eigenvalue weighted by molar-refractivity contribution is 5.33. The van der Waals surface area contributed by atoms with E-state index in [1.165, 1.54) is 66.8 Å². The maximum atomic E-state index is 4.32. The van der Waals surface area contributed by atoms with Crippen molar-refractivity contribution in [3.63, 3.8) is 0 Å². The van der Waals surface area contributed by atoms with E-state index in [9.17, 15) is 0 Å². The van der Waals surface area contributed by atoms with Crippen LogP contribution in [-0.4, -0.2) is 34.9 Å². The van der Waals surface area contributed by atoms with Crippen LogP contribution < -0.4 is 0 Å². The number of aryl methyl sites for hydroxylation is 9. The molecule has 0 radical (unpaired) electrons. The number of hydrogen-bond donors (Lipinski definition) is 0. The zero-order chi connectivity index (χ0) is 55.5. The molecule has 7 aromatic heterocycles. The van der Waals surface area contributed by atoms with Crippen LogP contribution >= 0.6 is 0 Å². The van der Waals surface area contributed by atoms with Crippen LogP contribution in [0.25, 0.3) is 0 Å². The van der Waals surface area contributed by atoms with Gasteiger partial charge in [0, 0.05) is 84.2 Å². The van der Waals surface area contributed by atoms with Crippen LogP contribution in [-0.2, 0) is 0 Å². The predicted molar refractivity (Wildman–Crippen MR) is 316 cm³/mol. The van der Waals surface area contributed by atoms with Gasteiger partial charge >= 0.3 is 0 Å². The monoisotopic (exact) mass is 988 g/mol. The van der Waals surface area contributed by atoms with Crippen molar-refractivity contribution in [3.8, 4) is 0 Å². The first-order valence-corrected chi connectivity index (χ1v) is 26.6. The third-order valence-corrected chi connectivity index (χ3v) is 12.4. The summed E-state index contributed by atoms with van der Waals surface area (Å²) in [4.78, 5) is 29.0. The van der Waals surface area contributed by atoms with Crippen molar-refractivity contribution in [2.24, 2.45) is 0 Å². The molecule has 0 saturated heterocycles. The Morgan fingerprint density at radius 2 is 0.726 bits per heavy atom. The van der Waals surface area contributed by atoms with Gasteiger partial charge in [-0.05, 0) is 232 Å². The topological polar surface area (TPSA) is 90.2 Å². The number of pyridine rings is 7. The molecule has 0 aliphatic rings. The normalized spacial score (nSPS) is 10.5. The second-order valence-electron chi connectivity index (χ2n) is 21.5. The maximum absolute atomic E-state index is 4.32. The van der Waals surface area contributed by atoms with E-state index in [-0.39, 0.29) is 0 Å². The van der Waals surface area contributed by atoms with Gasteiger partial charge in [-0.3, -0.25) is 34.9 Å². The first-order valence-electron chi connectivity index (χ1n) is 26.6. The maximum Gasteiger partial charge on any atom is 0.0404 e. The van der Waals surface area contributed by atoms with Gasteiger partial charge in [-0.25, -0.2) is 0 Å². The zero-order valence-electron chi connectivity index (χ0n) is 50.1. The highest BCUT2D eigenvalue weighted by Gasteiger charge is 2.07. The van der Waals surface area contributed by atoms with Crippen LogP contribution in [0.5, 0.6) is 0 Å². The first-order chi connectivity index (χ1) is 34.2. The molecular weight excluding hydrogens is 891 g/mol. The second kappa shape index (κ2) is 33.7. The highest BCUT2D eigenvalue weighted by Crippen LogP contribution is 2.23. The molecule has 0 saturated carbocycles. The van der Waals surface area contributed by atoms with Gasteiger partial charge in [0.1, 0.15) is 0 Å². The molecule has 0 aliphatic heterocycles. The number of aromatic nitrogens is 7. The summed E-state index contributed by atoms with van der Waals surface area (Å²) in [5.74, 6) is 4.28. The van der Waals surface area contributed by atoms with Gasteiger partial charge in [0.2, 0.25) is 0 Å². The van der Waals surface area contributed by atoms with Gasteiger partial charge in [0.25, 0.3) is 0 Å². The Morgan fingerprint density at radius 1 is 0.301 bits per heavy atom. The molecule has 0 bridgehead atoms. The Hall–Kier alpha value is -5.95. The Balaban J connectivity index is 0.000000426. The van der Waals surface area contributed by atoms with Gasteiger partial charge in [-0.2, -0.15) is 0 Å². The molecule has 0 amide bonds. The van der Waals surface area contributed by atoms with Crippen LogP contribution in [0.2, 0.25) is 0 Å². The lowest BCUT2D eigenvalue weighted by atomic mass is 9.96. The second-order valence-corrected chi connectivity index (χ2v) is 21.5. The molecular formula is C66H97N7. The lowest BCUT2D eigenvalue weighted by Crippen LogP contribution is -1.96. The van der Waals surface area contributed by atoms with E-state index in [4.69, 9.17) is 0 Å². The van der Waals surface area contributed by atoms with Gasteiger partial charge < -0.3 is 0 Å². The smallest absolute Gasteiger partial charge is 0.0404 e. The molecule has 0 unspecified atom stereocenters. The number of nitrogens with zero attached hydrogens (tertiary/aromatic N) is 7. The Bertz CT molecular complexity index is 2580. The molecule has 73 heavy (non-hydrogen) atoms. The molecule has 7 heterocycles. The Kier molecular flexibility index (Phi) is 30.0. The molecule has 0 spiro atoms. The number of hydrogen-bond acceptors (Lipinski definition) is 7. The summed E-state index contributed by atoms with van der Waals surface area (Å²) < 4.78 is 0. The molecule has 7 rings (SSSR count). The molecule has 396 valence electrons. The fourth-order valence-electron chi connectivity index (χ4n) is 8.19. The lowest BCUT2D eigenvalue weighted by molar-refractivity contribution is 0.840. The average molecular weight is 989 g/mol. The molecule has 0 aliphatic carbocycles. The largest absolute Gasteiger partial charge is 0.265 e. The van der Waals surface area contributed by atoms with Crippen LogP contribution in [0.3, 0.4) is 0 Å². The summed E-state index contributed by atoms with van der Waals surface area (Å²) in [6.07, 6.45) is 17.0. The van der Waals surface area contributed by atoms with Crippen LogP contribution in [0.15, 0.2) is 110 Å². The summed E-state index contributed by atoms with van der Waals surface area (Å²) in [5, 5.41) is 0. The predicted octanol–water partition coefficient (Wildman–Crippen LogP) is 18.5. The third-order valence-electron chi connectivity index (χ3n) is 12.4. The van der Waals surface area contributed by atoms with E-state index in [1.54, 1.807) is 0 Å². The zero-order valence-corrected chi connectivity index (χ0v) is 50.1. The van der Waals surface area contributed by atoms with Crippen molar-refractivity contribution in [2.45, 2.75) is 208 Å². The molecule has 0 fully saturated rings. The minimum Gasteiger partial charge on any atom is -0.265 e. The van der Waals surface area contributed by atoms with E-state index >= 15 is 0 Å². The van der Waals surface area contributed by atoms with Gasteiger partial charge in [-0.1, -0.05) is 96.9 Å². The van der Waals surface area contributed by atoms with E-state index in [0.717, 1.165) is 28.5 Å². The van der Waals surface area contributed by atoms with Crippen molar-refractivity contribution < 1.29 is 0 Å². The summed E-state index contributed by atoms with van der Waals surface area (Å²) >= 11 is 0. The van der Waals surface area contributed by atoms with Gasteiger partial charge in [0.15, 0.2) is 0 Å². The fourth-order valence-corrected chi connectivity index (χ4v) is 8.19. The molecule has 0 N–H and O–H groups in total. The summed E-state index contributed by atoms with van der Waals surface area (Å²) in [6.45, 7) is 51.6. The van der Waals surface area contributed by atoms with Crippen molar-refractivity contribution in [1.29, 1.82) is 0 Å². The standard InChI is InChI=1S/4C10H15N.2C9H13N.C8H11N/c1-7(2)10-5-9(4)11-6-8(10)3;1-7(2)10-8(3)5-11-6-9(10)4;1-7(2)10-5-8(3)11-9(4)6-10;1-7(2)10-5-6-11-9(4)8(10)3;1-7(2)9-4-5-10-6-8(9)3;1-7(2)9-4-5-10-8(3)6-9;1-7(2)8-3-5-9-6-4-8/h4*5-7H,1-4H3;2*4-7H,1-3H3;3-7H,1-2H3. The molecule has 0 atom stereocenters. The summed E-state index contributed by atoms with van der Waals surface area (Å²) in [7, 11) is 0. The van der Waals surface area contributed by atoms with E-state index in [1.807, 2.05) is 95.6 Å². The quantitative estimate of drug-likeness (QED) is 0.157. The minimum atomic E-state index is 0.607. The van der Waals surface area contributed by atoms with E-state index in [2.05, 4.69) is 216 Å². The van der Waals surface area contributed by atoms with Crippen molar-refractivity contribution in [2.75, 3.05) is 0 Å². The van der Waals surface area contributed by atoms with Crippen molar-refractivity contribution in [1.82, 2.24) is 34.9 Å². The van der Waals surface area contributed by atoms with E-state index < -0.39 is 0 Å². The third kappa shape index (κ3) is 25.0. The molecule has 7 heteroatoms. The Morgan fingerprint density at radius 3 is 1.11 bits per heavy atom. The average Bonchev–Trinajstić information content (AvgIpc) is 3.31. The molecule has 7 aromatic rings. The summed E-state index contributed by atoms with van der Waals surface area (Å²) in [6, 6.07) is 18.9. The number of rotatable bonds is 7. The molecule has 7 nitrogen and oxygen atoms in total. The SMILES string of the molecule is CC(C)c1ccncc1.Cc1cc(C(C)C)c(C)cn1.Cc1cc(C(C)C)cc(C)n1.Cc1cc(C(C)C)ccn1.Cc1cncc(C)c1C(C)C.Cc1cnccc1C(C)C.Cc1nccc(C(C)C)c1C. The van der Waals surface area contributed by atoms with Crippen LogP contribution in [0.4, 0.5) is 0 Å². The van der Waals surface area contributed by atoms with Gasteiger partial charge in [0.05, 0.1) is 0 Å². The first kappa shape index (κ1) is 65.1. The summed E-state index contributed by atoms with van der Waals surface area (Å²) in [5.41, 5.74) is 21.9. The lowest BCUT2D eigenvalue weighted by Gasteiger charge is -2.11. The Labute approximate surface area is 446 Å². The van der Waals surface area contributed by atoms with Crippen molar-refractivity contribution in [3.05, 3.63) is 206 Å². The highest BCUT2D eigenvalue weighted by atomic mass is 14.7. The van der Waals surface area contributed by atoms with E-state index in [0.29, 0.717) is 41.4 Å². The fraction of sp³-hybridized carbons (Fsp3) is 0.470. The molecule has 0 aromatic carbocycles. The van der Waals surface area contributed by atoms with Crippen LogP contribution in [0.1, 0.15) is 234 Å². The van der Waals surface area contributed by atoms with Crippen LogP contribution in [0, 0.1) is 69.2 Å². The van der Waals surface area contributed by atoms with Gasteiger partial charge in [-0.15, -0.1) is 0 Å². The minimum absolute atomic E-state index is 0.607.